The lowest BCUT2D eigenvalue weighted by molar-refractivity contribution is -0.199. The van der Waals surface area contributed by atoms with E-state index >= 15 is 0 Å². The molecule has 9 heteroatoms. The van der Waals surface area contributed by atoms with Crippen molar-refractivity contribution < 1.29 is 28.4 Å². The molecule has 1 aromatic carbocycles. The molecule has 8 nitrogen and oxygen atoms in total. The summed E-state index contributed by atoms with van der Waals surface area (Å²) >= 11 is 0. The zero-order valence-electron chi connectivity index (χ0n) is 23.7. The van der Waals surface area contributed by atoms with Crippen molar-refractivity contribution in [2.75, 3.05) is 13.2 Å². The molecule has 3 saturated carbocycles. The third-order valence-electron chi connectivity index (χ3n) is 9.31. The molecule has 2 heterocycles. The third-order valence-corrected chi connectivity index (χ3v) is 9.31. The fourth-order valence-electron chi connectivity index (χ4n) is 7.09. The smallest absolute Gasteiger partial charge is 0.447 e. The first-order chi connectivity index (χ1) is 17.9. The Hall–Kier alpha value is -2.26. The van der Waals surface area contributed by atoms with E-state index in [1.807, 2.05) is 51.1 Å². The van der Waals surface area contributed by atoms with Gasteiger partial charge < -0.3 is 29.0 Å². The Balaban J connectivity index is 1.23. The highest BCUT2D eigenvalue weighted by Gasteiger charge is 2.68. The van der Waals surface area contributed by atoms with E-state index in [0.717, 1.165) is 24.8 Å². The molecule has 1 aromatic rings. The van der Waals surface area contributed by atoms with E-state index in [2.05, 4.69) is 26.1 Å². The van der Waals surface area contributed by atoms with Crippen LogP contribution in [0.15, 0.2) is 30.3 Å². The number of carbonyl (C=O) groups is 2. The zero-order chi connectivity index (χ0) is 27.3. The van der Waals surface area contributed by atoms with Gasteiger partial charge in [0.1, 0.15) is 12.2 Å². The molecular weight excluding hydrogens is 483 g/mol. The lowest BCUT2D eigenvalue weighted by Gasteiger charge is -2.64. The van der Waals surface area contributed by atoms with Crippen LogP contribution in [0.4, 0.5) is 9.59 Å². The highest BCUT2D eigenvalue weighted by molar-refractivity contribution is 6.47. The molecule has 6 rings (SSSR count). The number of rotatable bonds is 6. The summed E-state index contributed by atoms with van der Waals surface area (Å²) in [5.74, 6) is 0.685. The second-order valence-corrected chi connectivity index (χ2v) is 13.3. The summed E-state index contributed by atoms with van der Waals surface area (Å²) in [7, 11) is -0.558. The second-order valence-electron chi connectivity index (χ2n) is 13.3. The first-order valence-corrected chi connectivity index (χ1v) is 14.2. The lowest BCUT2D eigenvalue weighted by Crippen LogP contribution is -2.65. The number of carbonyl (C=O) groups excluding carboxylic acids is 2. The van der Waals surface area contributed by atoms with Gasteiger partial charge in [-0.2, -0.15) is 0 Å². The summed E-state index contributed by atoms with van der Waals surface area (Å²) < 4.78 is 24.4. The molecule has 208 valence electrons. The average Bonchev–Trinajstić information content (AvgIpc) is 3.45. The third kappa shape index (κ3) is 5.28. The summed E-state index contributed by atoms with van der Waals surface area (Å²) in [6.45, 7) is 13.1. The summed E-state index contributed by atoms with van der Waals surface area (Å²) in [5.41, 5.74) is 0.395. The average molecular weight is 526 g/mol. The highest BCUT2D eigenvalue weighted by Crippen LogP contribution is 2.65. The Bertz CT molecular complexity index is 1030. The number of amides is 2. The van der Waals surface area contributed by atoms with E-state index in [1.54, 1.807) is 4.90 Å². The Morgan fingerprint density at radius 1 is 1.18 bits per heavy atom. The number of ether oxygens (including phenoxy) is 2. The van der Waals surface area contributed by atoms with Gasteiger partial charge in [0.05, 0.1) is 23.7 Å². The molecule has 0 radical (unpaired) electrons. The maximum absolute atomic E-state index is 13.1. The predicted molar refractivity (Wildman–Crippen MR) is 144 cm³/mol. The van der Waals surface area contributed by atoms with Crippen molar-refractivity contribution in [1.29, 1.82) is 0 Å². The van der Waals surface area contributed by atoms with Crippen molar-refractivity contribution in [1.82, 2.24) is 10.2 Å². The van der Waals surface area contributed by atoms with Gasteiger partial charge in [0.2, 0.25) is 0 Å². The fraction of sp³-hybridized carbons (Fsp3) is 0.724. The van der Waals surface area contributed by atoms with Crippen LogP contribution >= 0.6 is 0 Å². The van der Waals surface area contributed by atoms with Crippen LogP contribution in [0, 0.1) is 17.3 Å². The molecule has 3 aliphatic carbocycles. The van der Waals surface area contributed by atoms with Crippen LogP contribution in [0.2, 0.25) is 0 Å². The highest BCUT2D eigenvalue weighted by atomic mass is 16.7. The zero-order valence-corrected chi connectivity index (χ0v) is 23.7. The van der Waals surface area contributed by atoms with Gasteiger partial charge in [0, 0.05) is 6.54 Å². The van der Waals surface area contributed by atoms with E-state index in [-0.39, 0.29) is 35.9 Å². The van der Waals surface area contributed by atoms with Gasteiger partial charge in [0.15, 0.2) is 0 Å². The molecule has 1 unspecified atom stereocenters. The number of hydrogen-bond acceptors (Lipinski definition) is 6. The number of benzene rings is 1. The largest absolute Gasteiger partial charge is 0.482 e. The van der Waals surface area contributed by atoms with Gasteiger partial charge in [-0.3, -0.25) is 0 Å². The molecule has 5 aliphatic rings. The Morgan fingerprint density at radius 3 is 2.61 bits per heavy atom. The summed E-state index contributed by atoms with van der Waals surface area (Å²) in [4.78, 5) is 27.3. The van der Waals surface area contributed by atoms with Gasteiger partial charge >= 0.3 is 19.3 Å². The molecule has 2 saturated heterocycles. The van der Waals surface area contributed by atoms with Crippen LogP contribution in [0.3, 0.4) is 0 Å². The number of nitrogens with one attached hydrogen (secondary N) is 1. The number of hydrogen-bond donors (Lipinski definition) is 1. The fourth-order valence-corrected chi connectivity index (χ4v) is 7.09. The van der Waals surface area contributed by atoms with Crippen LogP contribution in [0.5, 0.6) is 0 Å². The van der Waals surface area contributed by atoms with E-state index in [4.69, 9.17) is 18.8 Å². The molecule has 1 N–H and O–H groups in total. The lowest BCUT2D eigenvalue weighted by atomic mass is 9.43. The predicted octanol–water partition coefficient (Wildman–Crippen LogP) is 4.99. The summed E-state index contributed by atoms with van der Waals surface area (Å²) in [6.07, 6.45) is 3.48. The number of nitrogens with zero attached hydrogens (tertiary/aromatic N) is 1. The molecular formula is C29H43BN2O6. The summed E-state index contributed by atoms with van der Waals surface area (Å²) in [5, 5.41) is 3.04. The Labute approximate surface area is 227 Å². The summed E-state index contributed by atoms with van der Waals surface area (Å²) in [6, 6.07) is 9.85. The van der Waals surface area contributed by atoms with Gasteiger partial charge in [-0.1, -0.05) is 44.2 Å². The van der Waals surface area contributed by atoms with Crippen LogP contribution in [0.25, 0.3) is 0 Å². The Kier molecular flexibility index (Phi) is 7.22. The van der Waals surface area contributed by atoms with Gasteiger partial charge in [-0.15, -0.1) is 0 Å². The van der Waals surface area contributed by atoms with Crippen LogP contribution in [-0.4, -0.2) is 66.6 Å². The number of likely N-dealkylation sites (tertiary alicyclic amines) is 1. The van der Waals surface area contributed by atoms with Crippen molar-refractivity contribution in [3.63, 3.8) is 0 Å². The van der Waals surface area contributed by atoms with Crippen LogP contribution < -0.4 is 5.32 Å². The maximum Gasteiger partial charge on any atom is 0.482 e. The molecule has 6 atom stereocenters. The number of alkyl carbamates (subject to hydrolysis) is 1. The van der Waals surface area contributed by atoms with Crippen LogP contribution in [0.1, 0.15) is 72.8 Å². The molecule has 2 amide bonds. The SMILES string of the molecule is CC(C)(C)OC(=O)N1CCC[C@@H]1COC(=O)NC(Cc1ccccc1)B1O[C@@H]2C[C@@H]3C[C@@H](C3(C)C)[C@]2(C)O1. The molecule has 38 heavy (non-hydrogen) atoms. The Morgan fingerprint density at radius 2 is 1.92 bits per heavy atom. The minimum absolute atomic E-state index is 0.0289. The monoisotopic (exact) mass is 526 g/mol. The van der Waals surface area contributed by atoms with Gasteiger partial charge in [-0.05, 0) is 82.6 Å². The molecule has 0 aromatic heterocycles. The molecule has 2 bridgehead atoms. The quantitative estimate of drug-likeness (QED) is 0.526. The first kappa shape index (κ1) is 27.3. The second kappa shape index (κ2) is 10.0. The topological polar surface area (TPSA) is 86.3 Å². The van der Waals surface area contributed by atoms with E-state index < -0.39 is 24.8 Å². The minimum atomic E-state index is -0.572. The van der Waals surface area contributed by atoms with Crippen LogP contribution in [-0.2, 0) is 25.2 Å². The van der Waals surface area contributed by atoms with Crippen molar-refractivity contribution in [3.8, 4) is 0 Å². The van der Waals surface area contributed by atoms with Crippen molar-refractivity contribution >= 4 is 19.3 Å². The standard InChI is InChI=1S/C29H43BN2O6/c1-27(2,3)36-26(34)32-14-10-13-21(32)18-35-25(33)31-24(15-19-11-8-7-9-12-19)30-37-23-17-20-16-22(28(20,4)5)29(23,6)38-30/h7-9,11-12,20-24H,10,13-18H2,1-6H3,(H,31,33)/t20-,21+,22-,23+,24?,29-/m0/s1. The van der Waals surface area contributed by atoms with Gasteiger partial charge in [0.25, 0.3) is 0 Å². The minimum Gasteiger partial charge on any atom is -0.447 e. The van der Waals surface area contributed by atoms with Crippen molar-refractivity contribution in [3.05, 3.63) is 35.9 Å². The molecule has 2 aliphatic heterocycles. The van der Waals surface area contributed by atoms with Gasteiger partial charge in [-0.25, -0.2) is 9.59 Å². The van der Waals surface area contributed by atoms with Crippen molar-refractivity contribution in [2.45, 2.75) is 103 Å². The maximum atomic E-state index is 13.1. The first-order valence-electron chi connectivity index (χ1n) is 14.2. The van der Waals surface area contributed by atoms with E-state index in [1.165, 1.54) is 6.42 Å². The normalized spacial score (nSPS) is 32.3. The van der Waals surface area contributed by atoms with E-state index in [9.17, 15) is 9.59 Å². The molecule has 5 fully saturated rings. The molecule has 0 spiro atoms. The van der Waals surface area contributed by atoms with Crippen molar-refractivity contribution in [2.24, 2.45) is 17.3 Å². The van der Waals surface area contributed by atoms with E-state index in [0.29, 0.717) is 24.8 Å².